The summed E-state index contributed by atoms with van der Waals surface area (Å²) in [7, 11) is 2.61. The predicted octanol–water partition coefficient (Wildman–Crippen LogP) is 2.53. The Morgan fingerprint density at radius 1 is 1.12 bits per heavy atom. The van der Waals surface area contributed by atoms with Gasteiger partial charge in [0.05, 0.1) is 5.54 Å². The highest BCUT2D eigenvalue weighted by molar-refractivity contribution is 6.63. The van der Waals surface area contributed by atoms with Crippen molar-refractivity contribution in [2.45, 2.75) is 24.8 Å². The molecule has 0 aromatic rings. The van der Waals surface area contributed by atoms with E-state index in [0.717, 1.165) is 12.8 Å². The summed E-state index contributed by atoms with van der Waals surface area (Å²) in [4.78, 5) is 0. The van der Waals surface area contributed by atoms with Crippen LogP contribution in [0.1, 0.15) is 19.3 Å². The Bertz CT molecular complexity index is 299. The first-order valence-corrected chi connectivity index (χ1v) is 7.59. The molecule has 2 atom stereocenters. The van der Waals surface area contributed by atoms with Crippen molar-refractivity contribution in [3.05, 3.63) is 23.8 Å². The zero-order valence-corrected chi connectivity index (χ0v) is 11.2. The van der Waals surface area contributed by atoms with E-state index in [2.05, 4.69) is 18.2 Å². The molecule has 0 radical (unpaired) electrons. The summed E-state index contributed by atoms with van der Waals surface area (Å²) in [5, 5.41) is 0. The van der Waals surface area contributed by atoms with E-state index in [1.165, 1.54) is 12.0 Å². The van der Waals surface area contributed by atoms with Gasteiger partial charge in [0.15, 0.2) is 0 Å². The van der Waals surface area contributed by atoms with E-state index < -0.39 is 8.80 Å². The maximum Gasteiger partial charge on any atom is 0.507 e. The minimum atomic E-state index is -2.49. The first kappa shape index (κ1) is 12.0. The van der Waals surface area contributed by atoms with E-state index in [1.54, 1.807) is 21.3 Å². The second-order valence-corrected chi connectivity index (χ2v) is 7.50. The Morgan fingerprint density at radius 3 is 2.44 bits per heavy atom. The van der Waals surface area contributed by atoms with Crippen molar-refractivity contribution in [1.82, 2.24) is 0 Å². The zero-order chi connectivity index (χ0) is 11.6. The van der Waals surface area contributed by atoms with Gasteiger partial charge in [-0.1, -0.05) is 23.8 Å². The normalized spacial score (nSPS) is 29.1. The lowest BCUT2D eigenvalue weighted by atomic mass is 9.95. The van der Waals surface area contributed by atoms with Crippen molar-refractivity contribution in [1.29, 1.82) is 0 Å². The van der Waals surface area contributed by atoms with Gasteiger partial charge in [0, 0.05) is 21.3 Å². The highest BCUT2D eigenvalue weighted by Gasteiger charge is 2.52. The molecule has 0 bridgehead atoms. The molecule has 0 spiro atoms. The Morgan fingerprint density at radius 2 is 1.81 bits per heavy atom. The summed E-state index contributed by atoms with van der Waals surface area (Å²) >= 11 is 0. The fourth-order valence-corrected chi connectivity index (χ4v) is 5.59. The van der Waals surface area contributed by atoms with E-state index in [-0.39, 0.29) is 0 Å². The van der Waals surface area contributed by atoms with Crippen molar-refractivity contribution in [3.8, 4) is 0 Å². The van der Waals surface area contributed by atoms with Gasteiger partial charge in [0.2, 0.25) is 0 Å². The average Bonchev–Trinajstić information content (AvgIpc) is 2.77. The van der Waals surface area contributed by atoms with Crippen molar-refractivity contribution >= 4 is 8.80 Å². The first-order chi connectivity index (χ1) is 7.77. The fourth-order valence-electron chi connectivity index (χ4n) is 2.97. The number of fused-ring (bicyclic) bond motifs is 1. The van der Waals surface area contributed by atoms with Crippen LogP contribution in [0.3, 0.4) is 0 Å². The Labute approximate surface area is 98.5 Å². The van der Waals surface area contributed by atoms with Crippen LogP contribution < -0.4 is 0 Å². The molecule has 2 aliphatic rings. The van der Waals surface area contributed by atoms with Crippen LogP contribution >= 0.6 is 0 Å². The summed E-state index contributed by atoms with van der Waals surface area (Å²) in [6, 6.07) is 0. The Balaban J connectivity index is 2.26. The minimum Gasteiger partial charge on any atom is -0.376 e. The standard InChI is InChI=1S/C12H20O3Si/c1-13-16(14-2,15-3)12-9-8-10-6-4-5-7-11(10)12/h4-5,7,10,12H,6,8-9H2,1-3H3. The lowest BCUT2D eigenvalue weighted by molar-refractivity contribution is 0.115. The average molecular weight is 240 g/mol. The van der Waals surface area contributed by atoms with Crippen LogP contribution in [0.2, 0.25) is 5.54 Å². The Hall–Kier alpha value is -0.423. The third-order valence-corrected chi connectivity index (χ3v) is 6.99. The van der Waals surface area contributed by atoms with Crippen molar-refractivity contribution in [3.63, 3.8) is 0 Å². The lowest BCUT2D eigenvalue weighted by Crippen LogP contribution is -2.47. The van der Waals surface area contributed by atoms with Gasteiger partial charge in [-0.15, -0.1) is 0 Å². The number of rotatable bonds is 4. The maximum atomic E-state index is 5.60. The molecule has 16 heavy (non-hydrogen) atoms. The van der Waals surface area contributed by atoms with Crippen molar-refractivity contribution < 1.29 is 13.3 Å². The zero-order valence-electron chi connectivity index (χ0n) is 10.2. The molecule has 0 heterocycles. The molecule has 0 aromatic heterocycles. The summed E-state index contributed by atoms with van der Waals surface area (Å²) < 4.78 is 16.8. The van der Waals surface area contributed by atoms with E-state index >= 15 is 0 Å². The minimum absolute atomic E-state index is 0.349. The summed E-state index contributed by atoms with van der Waals surface area (Å²) in [5.74, 6) is 0.683. The summed E-state index contributed by atoms with van der Waals surface area (Å²) in [6.07, 6.45) is 10.1. The molecule has 0 aliphatic heterocycles. The van der Waals surface area contributed by atoms with E-state index in [4.69, 9.17) is 13.3 Å². The molecular weight excluding hydrogens is 220 g/mol. The molecule has 3 nitrogen and oxygen atoms in total. The van der Waals surface area contributed by atoms with Crippen LogP contribution in [0, 0.1) is 5.92 Å². The van der Waals surface area contributed by atoms with Gasteiger partial charge in [-0.05, 0) is 25.2 Å². The third kappa shape index (κ3) is 1.80. The van der Waals surface area contributed by atoms with Crippen LogP contribution in [0.15, 0.2) is 23.8 Å². The van der Waals surface area contributed by atoms with Crippen LogP contribution in [0.25, 0.3) is 0 Å². The quantitative estimate of drug-likeness (QED) is 0.707. The highest BCUT2D eigenvalue weighted by Crippen LogP contribution is 2.49. The van der Waals surface area contributed by atoms with Gasteiger partial charge in [0.25, 0.3) is 0 Å². The molecule has 0 amide bonds. The SMILES string of the molecule is CO[Si](OC)(OC)C1CCC2CC=CC=C21. The monoisotopic (exact) mass is 240 g/mol. The number of allylic oxidation sites excluding steroid dienone is 4. The van der Waals surface area contributed by atoms with Crippen molar-refractivity contribution in [2.24, 2.45) is 5.92 Å². The van der Waals surface area contributed by atoms with Gasteiger partial charge in [-0.25, -0.2) is 0 Å². The molecule has 1 fully saturated rings. The van der Waals surface area contributed by atoms with E-state index in [9.17, 15) is 0 Å². The molecule has 2 rings (SSSR count). The summed E-state index contributed by atoms with van der Waals surface area (Å²) in [5.41, 5.74) is 1.82. The molecule has 2 unspecified atom stereocenters. The van der Waals surface area contributed by atoms with Gasteiger partial charge in [-0.2, -0.15) is 0 Å². The van der Waals surface area contributed by atoms with Crippen molar-refractivity contribution in [2.75, 3.05) is 21.3 Å². The van der Waals surface area contributed by atoms with Gasteiger partial charge in [0.1, 0.15) is 0 Å². The van der Waals surface area contributed by atoms with Crippen LogP contribution in [0.5, 0.6) is 0 Å². The van der Waals surface area contributed by atoms with Gasteiger partial charge in [-0.3, -0.25) is 0 Å². The molecular formula is C12H20O3Si. The maximum absolute atomic E-state index is 5.60. The fraction of sp³-hybridized carbons (Fsp3) is 0.667. The molecule has 1 saturated carbocycles. The molecule has 0 aromatic carbocycles. The largest absolute Gasteiger partial charge is 0.507 e. The number of hydrogen-bond donors (Lipinski definition) is 0. The molecule has 4 heteroatoms. The molecule has 2 aliphatic carbocycles. The highest BCUT2D eigenvalue weighted by atomic mass is 28.4. The predicted molar refractivity (Wildman–Crippen MR) is 65.1 cm³/mol. The Kier molecular flexibility index (Phi) is 3.64. The molecule has 0 N–H and O–H groups in total. The van der Waals surface area contributed by atoms with Crippen LogP contribution in [-0.4, -0.2) is 30.1 Å². The topological polar surface area (TPSA) is 27.7 Å². The van der Waals surface area contributed by atoms with E-state index in [1.807, 2.05) is 0 Å². The second kappa shape index (κ2) is 4.83. The third-order valence-electron chi connectivity index (χ3n) is 3.80. The second-order valence-electron chi connectivity index (χ2n) is 4.37. The summed E-state index contributed by atoms with van der Waals surface area (Å²) in [6.45, 7) is 0. The number of hydrogen-bond acceptors (Lipinski definition) is 3. The van der Waals surface area contributed by atoms with Gasteiger partial charge < -0.3 is 13.3 Å². The van der Waals surface area contributed by atoms with Crippen LogP contribution in [0.4, 0.5) is 0 Å². The first-order valence-electron chi connectivity index (χ1n) is 5.79. The van der Waals surface area contributed by atoms with E-state index in [0.29, 0.717) is 11.5 Å². The van der Waals surface area contributed by atoms with Crippen LogP contribution in [-0.2, 0) is 13.3 Å². The lowest BCUT2D eigenvalue weighted by Gasteiger charge is -2.32. The molecule has 90 valence electrons. The van der Waals surface area contributed by atoms with Gasteiger partial charge >= 0.3 is 8.80 Å². The molecule has 0 saturated heterocycles. The smallest absolute Gasteiger partial charge is 0.376 e.